The van der Waals surface area contributed by atoms with E-state index in [0.717, 1.165) is 11.1 Å². The van der Waals surface area contributed by atoms with Crippen LogP contribution in [-0.2, 0) is 10.4 Å². The van der Waals surface area contributed by atoms with Gasteiger partial charge in [0.25, 0.3) is 0 Å². The highest BCUT2D eigenvalue weighted by Gasteiger charge is 2.47. The monoisotopic (exact) mass is 252 g/mol. The molecular weight excluding hydrogens is 236 g/mol. The fraction of sp³-hybridized carbons (Fsp3) is 0.235. The van der Waals surface area contributed by atoms with Crippen LogP contribution in [0, 0.1) is 5.92 Å². The molecule has 1 N–H and O–H groups in total. The van der Waals surface area contributed by atoms with Crippen LogP contribution in [0.1, 0.15) is 25.0 Å². The number of benzene rings is 2. The van der Waals surface area contributed by atoms with Crippen molar-refractivity contribution >= 4 is 5.78 Å². The lowest BCUT2D eigenvalue weighted by Crippen LogP contribution is -2.38. The largest absolute Gasteiger partial charge is 0.373 e. The average Bonchev–Trinajstić information content (AvgIpc) is 2.70. The minimum Gasteiger partial charge on any atom is -0.373 e. The number of aliphatic hydroxyl groups is 1. The zero-order valence-corrected chi connectivity index (χ0v) is 11.1. The van der Waals surface area contributed by atoms with Crippen LogP contribution in [0.3, 0.4) is 0 Å². The summed E-state index contributed by atoms with van der Waals surface area (Å²) < 4.78 is 0. The molecule has 2 heteroatoms. The second-order valence-electron chi connectivity index (χ2n) is 5.32. The van der Waals surface area contributed by atoms with Gasteiger partial charge in [0.15, 0.2) is 11.4 Å². The van der Waals surface area contributed by atoms with Crippen LogP contribution < -0.4 is 0 Å². The van der Waals surface area contributed by atoms with Crippen LogP contribution in [0.25, 0.3) is 11.1 Å². The van der Waals surface area contributed by atoms with Crippen molar-refractivity contribution in [2.75, 3.05) is 0 Å². The molecule has 19 heavy (non-hydrogen) atoms. The van der Waals surface area contributed by atoms with Crippen molar-refractivity contribution in [1.29, 1.82) is 0 Å². The van der Waals surface area contributed by atoms with Crippen LogP contribution in [0.5, 0.6) is 0 Å². The molecule has 0 aliphatic heterocycles. The van der Waals surface area contributed by atoms with E-state index >= 15 is 0 Å². The molecule has 2 aromatic rings. The van der Waals surface area contributed by atoms with E-state index in [1.807, 2.05) is 62.4 Å². The highest BCUT2D eigenvalue weighted by atomic mass is 16.3. The van der Waals surface area contributed by atoms with E-state index < -0.39 is 5.60 Å². The standard InChI is InChI=1S/C17H16O2/c1-11(2)16(18)17(19)14-9-5-3-7-12(14)13-8-4-6-10-15(13)17/h3-11,19H,1-2H3. The highest BCUT2D eigenvalue weighted by Crippen LogP contribution is 2.48. The van der Waals surface area contributed by atoms with Gasteiger partial charge in [0.2, 0.25) is 0 Å². The summed E-state index contributed by atoms with van der Waals surface area (Å²) in [5.41, 5.74) is 1.82. The van der Waals surface area contributed by atoms with E-state index in [4.69, 9.17) is 0 Å². The number of hydrogen-bond acceptors (Lipinski definition) is 2. The number of rotatable bonds is 2. The van der Waals surface area contributed by atoms with Crippen molar-refractivity contribution in [3.05, 3.63) is 59.7 Å². The molecule has 0 fully saturated rings. The molecular formula is C17H16O2. The Bertz CT molecular complexity index is 610. The van der Waals surface area contributed by atoms with Gasteiger partial charge >= 0.3 is 0 Å². The first-order valence-corrected chi connectivity index (χ1v) is 6.53. The summed E-state index contributed by atoms with van der Waals surface area (Å²) in [7, 11) is 0. The lowest BCUT2D eigenvalue weighted by atomic mass is 9.82. The summed E-state index contributed by atoms with van der Waals surface area (Å²) in [6.07, 6.45) is 0. The Kier molecular flexibility index (Phi) is 2.58. The molecule has 0 atom stereocenters. The topological polar surface area (TPSA) is 37.3 Å². The summed E-state index contributed by atoms with van der Waals surface area (Å²) in [6, 6.07) is 15.2. The van der Waals surface area contributed by atoms with Crippen molar-refractivity contribution in [2.24, 2.45) is 5.92 Å². The fourth-order valence-corrected chi connectivity index (χ4v) is 2.90. The minimum atomic E-state index is -1.50. The molecule has 1 aliphatic rings. The first-order chi connectivity index (χ1) is 9.06. The molecule has 96 valence electrons. The molecule has 0 saturated heterocycles. The third-order valence-corrected chi connectivity index (χ3v) is 3.80. The maximum absolute atomic E-state index is 12.5. The SMILES string of the molecule is CC(C)C(=O)C1(O)c2ccccc2-c2ccccc21. The van der Waals surface area contributed by atoms with Gasteiger partial charge in [0.05, 0.1) is 0 Å². The summed E-state index contributed by atoms with van der Waals surface area (Å²) in [5.74, 6) is -0.367. The molecule has 1 aliphatic carbocycles. The van der Waals surface area contributed by atoms with Crippen LogP contribution in [0.15, 0.2) is 48.5 Å². The average molecular weight is 252 g/mol. The maximum atomic E-state index is 12.5. The van der Waals surface area contributed by atoms with Gasteiger partial charge in [-0.05, 0) is 11.1 Å². The number of ketones is 1. The van der Waals surface area contributed by atoms with Crippen molar-refractivity contribution in [2.45, 2.75) is 19.4 Å². The van der Waals surface area contributed by atoms with Gasteiger partial charge in [-0.25, -0.2) is 0 Å². The van der Waals surface area contributed by atoms with Crippen molar-refractivity contribution < 1.29 is 9.90 Å². The molecule has 0 unspecified atom stereocenters. The second kappa shape index (κ2) is 4.04. The van der Waals surface area contributed by atoms with E-state index in [1.165, 1.54) is 0 Å². The van der Waals surface area contributed by atoms with Gasteiger partial charge in [-0.1, -0.05) is 62.4 Å². The molecule has 0 amide bonds. The molecule has 0 aromatic heterocycles. The molecule has 0 bridgehead atoms. The number of hydrogen-bond donors (Lipinski definition) is 1. The van der Waals surface area contributed by atoms with Crippen LogP contribution >= 0.6 is 0 Å². The normalized spacial score (nSPS) is 15.2. The lowest BCUT2D eigenvalue weighted by molar-refractivity contribution is -0.137. The van der Waals surface area contributed by atoms with Crippen molar-refractivity contribution in [3.8, 4) is 11.1 Å². The smallest absolute Gasteiger partial charge is 0.176 e. The van der Waals surface area contributed by atoms with Gasteiger partial charge in [0, 0.05) is 17.0 Å². The molecule has 0 radical (unpaired) electrons. The van der Waals surface area contributed by atoms with Gasteiger partial charge in [-0.2, -0.15) is 0 Å². The third-order valence-electron chi connectivity index (χ3n) is 3.80. The summed E-state index contributed by atoms with van der Waals surface area (Å²) in [4.78, 5) is 12.5. The zero-order chi connectivity index (χ0) is 13.6. The molecule has 3 rings (SSSR count). The molecule has 2 aromatic carbocycles. The molecule has 2 nitrogen and oxygen atoms in total. The second-order valence-corrected chi connectivity index (χ2v) is 5.32. The predicted molar refractivity (Wildman–Crippen MR) is 74.7 cm³/mol. The zero-order valence-electron chi connectivity index (χ0n) is 11.1. The number of carbonyl (C=O) groups excluding carboxylic acids is 1. The Labute approximate surface area is 112 Å². The number of fused-ring (bicyclic) bond motifs is 3. The summed E-state index contributed by atoms with van der Waals surface area (Å²) in [6.45, 7) is 3.65. The predicted octanol–water partition coefficient (Wildman–Crippen LogP) is 3.13. The summed E-state index contributed by atoms with van der Waals surface area (Å²) in [5, 5.41) is 11.1. The fourth-order valence-electron chi connectivity index (χ4n) is 2.90. The van der Waals surface area contributed by atoms with Gasteiger partial charge in [-0.15, -0.1) is 0 Å². The maximum Gasteiger partial charge on any atom is 0.176 e. The van der Waals surface area contributed by atoms with Crippen LogP contribution in [0.2, 0.25) is 0 Å². The Morgan fingerprint density at radius 3 is 1.79 bits per heavy atom. The van der Waals surface area contributed by atoms with Crippen LogP contribution in [0.4, 0.5) is 0 Å². The molecule has 0 heterocycles. The Morgan fingerprint density at radius 2 is 1.37 bits per heavy atom. The van der Waals surface area contributed by atoms with Crippen molar-refractivity contribution in [1.82, 2.24) is 0 Å². The van der Waals surface area contributed by atoms with E-state index in [9.17, 15) is 9.90 Å². The van der Waals surface area contributed by atoms with E-state index in [1.54, 1.807) is 0 Å². The first-order valence-electron chi connectivity index (χ1n) is 6.53. The third kappa shape index (κ3) is 1.50. The Balaban J connectivity index is 2.34. The Hall–Kier alpha value is -1.93. The van der Waals surface area contributed by atoms with E-state index in [-0.39, 0.29) is 11.7 Å². The summed E-state index contributed by atoms with van der Waals surface area (Å²) >= 11 is 0. The lowest BCUT2D eigenvalue weighted by Gasteiger charge is -2.26. The highest BCUT2D eigenvalue weighted by molar-refractivity contribution is 6.00. The number of Topliss-reactive ketones (excluding diaryl/α,β-unsaturated/α-hetero) is 1. The van der Waals surface area contributed by atoms with Crippen molar-refractivity contribution in [3.63, 3.8) is 0 Å². The van der Waals surface area contributed by atoms with Gasteiger partial charge in [-0.3, -0.25) is 4.79 Å². The van der Waals surface area contributed by atoms with Gasteiger partial charge in [0.1, 0.15) is 0 Å². The van der Waals surface area contributed by atoms with E-state index in [2.05, 4.69) is 0 Å². The number of carbonyl (C=O) groups is 1. The quantitative estimate of drug-likeness (QED) is 0.891. The van der Waals surface area contributed by atoms with E-state index in [0.29, 0.717) is 11.1 Å². The van der Waals surface area contributed by atoms with Crippen LogP contribution in [-0.4, -0.2) is 10.9 Å². The van der Waals surface area contributed by atoms with Gasteiger partial charge < -0.3 is 5.11 Å². The minimum absolute atomic E-state index is 0.148. The Morgan fingerprint density at radius 1 is 0.947 bits per heavy atom. The molecule has 0 saturated carbocycles. The molecule has 0 spiro atoms. The first kappa shape index (κ1) is 12.1.